The van der Waals surface area contributed by atoms with Gasteiger partial charge in [-0.15, -0.1) is 0 Å². The van der Waals surface area contributed by atoms with Gasteiger partial charge in [-0.05, 0) is 42.3 Å². The minimum absolute atomic E-state index is 0.0589. The topological polar surface area (TPSA) is 75.6 Å². The molecule has 0 spiro atoms. The van der Waals surface area contributed by atoms with E-state index >= 15 is 0 Å². The fraction of sp³-hybridized carbons (Fsp3) is 0.176. The maximum absolute atomic E-state index is 11.7. The highest BCUT2D eigenvalue weighted by Crippen LogP contribution is 2.12. The fourth-order valence-corrected chi connectivity index (χ4v) is 1.87. The summed E-state index contributed by atoms with van der Waals surface area (Å²) in [6, 6.07) is 13.8. The predicted octanol–water partition coefficient (Wildman–Crippen LogP) is 2.39. The summed E-state index contributed by atoms with van der Waals surface area (Å²) in [6.07, 6.45) is 0. The van der Waals surface area contributed by atoms with E-state index in [0.29, 0.717) is 12.3 Å². The van der Waals surface area contributed by atoms with Crippen LogP contribution in [0, 0.1) is 6.92 Å². The van der Waals surface area contributed by atoms with Gasteiger partial charge in [0, 0.05) is 6.54 Å². The number of nitrogens with one attached hydrogen (secondary N) is 1. The van der Waals surface area contributed by atoms with E-state index in [-0.39, 0.29) is 18.1 Å². The molecule has 2 aromatic rings. The van der Waals surface area contributed by atoms with Crippen LogP contribution in [0.2, 0.25) is 0 Å². The molecule has 0 fully saturated rings. The Labute approximate surface area is 128 Å². The molecule has 22 heavy (non-hydrogen) atoms. The van der Waals surface area contributed by atoms with Gasteiger partial charge in [-0.1, -0.05) is 24.3 Å². The molecule has 1 amide bonds. The van der Waals surface area contributed by atoms with Crippen molar-refractivity contribution in [1.82, 2.24) is 5.32 Å². The average Bonchev–Trinajstić information content (AvgIpc) is 2.51. The Kier molecular flexibility index (Phi) is 5.14. The molecule has 0 unspecified atom stereocenters. The lowest BCUT2D eigenvalue weighted by molar-refractivity contribution is -0.123. The molecular formula is C17H17NO4. The third-order valence-corrected chi connectivity index (χ3v) is 3.05. The van der Waals surface area contributed by atoms with Crippen LogP contribution in [0.15, 0.2) is 48.5 Å². The van der Waals surface area contributed by atoms with E-state index in [1.54, 1.807) is 18.2 Å². The molecule has 0 aliphatic heterocycles. The fourth-order valence-electron chi connectivity index (χ4n) is 1.87. The zero-order valence-electron chi connectivity index (χ0n) is 12.2. The Hall–Kier alpha value is -2.82. The van der Waals surface area contributed by atoms with E-state index in [1.807, 2.05) is 25.1 Å². The molecule has 114 valence electrons. The number of hydrogen-bond donors (Lipinski definition) is 2. The first-order chi connectivity index (χ1) is 10.5. The second-order valence-corrected chi connectivity index (χ2v) is 4.88. The Morgan fingerprint density at radius 1 is 1.14 bits per heavy atom. The van der Waals surface area contributed by atoms with Gasteiger partial charge in [-0.2, -0.15) is 0 Å². The molecule has 0 bridgehead atoms. The lowest BCUT2D eigenvalue weighted by Crippen LogP contribution is -2.28. The number of ether oxygens (including phenoxy) is 1. The summed E-state index contributed by atoms with van der Waals surface area (Å²) < 4.78 is 5.40. The van der Waals surface area contributed by atoms with E-state index in [4.69, 9.17) is 9.84 Å². The van der Waals surface area contributed by atoms with Crippen molar-refractivity contribution >= 4 is 11.9 Å². The number of carbonyl (C=O) groups excluding carboxylic acids is 1. The molecule has 0 aromatic heterocycles. The Morgan fingerprint density at radius 3 is 2.50 bits per heavy atom. The van der Waals surface area contributed by atoms with Gasteiger partial charge < -0.3 is 15.2 Å². The zero-order valence-corrected chi connectivity index (χ0v) is 12.2. The molecule has 2 aromatic carbocycles. The molecule has 2 rings (SSSR count). The third kappa shape index (κ3) is 4.63. The quantitative estimate of drug-likeness (QED) is 0.858. The van der Waals surface area contributed by atoms with Crippen molar-refractivity contribution in [2.24, 2.45) is 0 Å². The van der Waals surface area contributed by atoms with Gasteiger partial charge in [-0.25, -0.2) is 4.79 Å². The smallest absolute Gasteiger partial charge is 0.335 e. The normalized spacial score (nSPS) is 10.0. The molecule has 0 atom stereocenters. The van der Waals surface area contributed by atoms with Gasteiger partial charge >= 0.3 is 5.97 Å². The monoisotopic (exact) mass is 299 g/mol. The van der Waals surface area contributed by atoms with Crippen LogP contribution in [0.1, 0.15) is 21.5 Å². The maximum Gasteiger partial charge on any atom is 0.335 e. The number of amides is 1. The van der Waals surface area contributed by atoms with Crippen molar-refractivity contribution in [3.8, 4) is 5.75 Å². The number of hydrogen-bond acceptors (Lipinski definition) is 3. The standard InChI is InChI=1S/C17H17NO4/c1-12-3-2-4-15(9-12)22-11-16(19)18-10-13-5-7-14(8-6-13)17(20)21/h2-9H,10-11H2,1H3,(H,18,19)(H,20,21). The first-order valence-corrected chi connectivity index (χ1v) is 6.83. The molecular weight excluding hydrogens is 282 g/mol. The molecule has 0 aliphatic rings. The van der Waals surface area contributed by atoms with Gasteiger partial charge in [0.25, 0.3) is 5.91 Å². The van der Waals surface area contributed by atoms with Crippen molar-refractivity contribution in [2.45, 2.75) is 13.5 Å². The van der Waals surface area contributed by atoms with Gasteiger partial charge in [0.1, 0.15) is 5.75 Å². The summed E-state index contributed by atoms with van der Waals surface area (Å²) in [5.74, 6) is -0.549. The largest absolute Gasteiger partial charge is 0.484 e. The van der Waals surface area contributed by atoms with Crippen LogP contribution < -0.4 is 10.1 Å². The lowest BCUT2D eigenvalue weighted by Gasteiger charge is -2.08. The van der Waals surface area contributed by atoms with E-state index < -0.39 is 5.97 Å². The van der Waals surface area contributed by atoms with Crippen LogP contribution in [0.25, 0.3) is 0 Å². The van der Waals surface area contributed by atoms with Crippen molar-refractivity contribution in [1.29, 1.82) is 0 Å². The summed E-state index contributed by atoms with van der Waals surface area (Å²) in [5, 5.41) is 11.5. The number of aromatic carboxylic acids is 1. The minimum Gasteiger partial charge on any atom is -0.484 e. The molecule has 0 saturated heterocycles. The zero-order chi connectivity index (χ0) is 15.9. The second-order valence-electron chi connectivity index (χ2n) is 4.88. The van der Waals surface area contributed by atoms with E-state index in [2.05, 4.69) is 5.32 Å². The molecule has 5 heteroatoms. The van der Waals surface area contributed by atoms with Crippen molar-refractivity contribution in [3.63, 3.8) is 0 Å². The first kappa shape index (κ1) is 15.6. The number of rotatable bonds is 6. The number of carbonyl (C=O) groups is 2. The van der Waals surface area contributed by atoms with Gasteiger partial charge in [0.15, 0.2) is 6.61 Å². The predicted molar refractivity (Wildman–Crippen MR) is 81.9 cm³/mol. The SMILES string of the molecule is Cc1cccc(OCC(=O)NCc2ccc(C(=O)O)cc2)c1. The first-order valence-electron chi connectivity index (χ1n) is 6.83. The number of aryl methyl sites for hydroxylation is 1. The van der Waals surface area contributed by atoms with Crippen molar-refractivity contribution < 1.29 is 19.4 Å². The molecule has 0 radical (unpaired) electrons. The summed E-state index contributed by atoms with van der Waals surface area (Å²) >= 11 is 0. The lowest BCUT2D eigenvalue weighted by atomic mass is 10.1. The highest BCUT2D eigenvalue weighted by molar-refractivity contribution is 5.87. The second kappa shape index (κ2) is 7.26. The van der Waals surface area contributed by atoms with E-state index in [9.17, 15) is 9.59 Å². The Morgan fingerprint density at radius 2 is 1.86 bits per heavy atom. The van der Waals surface area contributed by atoms with Crippen LogP contribution in [0.4, 0.5) is 0 Å². The summed E-state index contributed by atoms with van der Waals surface area (Å²) in [7, 11) is 0. The Balaban J connectivity index is 1.79. The minimum atomic E-state index is -0.970. The average molecular weight is 299 g/mol. The maximum atomic E-state index is 11.7. The number of benzene rings is 2. The number of carboxylic acids is 1. The van der Waals surface area contributed by atoms with Gasteiger partial charge in [-0.3, -0.25) is 4.79 Å². The summed E-state index contributed by atoms with van der Waals surface area (Å²) in [6.45, 7) is 2.22. The summed E-state index contributed by atoms with van der Waals surface area (Å²) in [4.78, 5) is 22.5. The van der Waals surface area contributed by atoms with Crippen LogP contribution >= 0.6 is 0 Å². The van der Waals surface area contributed by atoms with Crippen LogP contribution in [-0.2, 0) is 11.3 Å². The highest BCUT2D eigenvalue weighted by Gasteiger charge is 2.05. The molecule has 2 N–H and O–H groups in total. The Bertz CT molecular complexity index is 665. The van der Waals surface area contributed by atoms with Crippen molar-refractivity contribution in [3.05, 3.63) is 65.2 Å². The molecule has 0 saturated carbocycles. The van der Waals surface area contributed by atoms with Crippen LogP contribution in [0.5, 0.6) is 5.75 Å². The van der Waals surface area contributed by atoms with Crippen molar-refractivity contribution in [2.75, 3.05) is 6.61 Å². The number of carboxylic acid groups (broad SMARTS) is 1. The van der Waals surface area contributed by atoms with E-state index in [0.717, 1.165) is 11.1 Å². The van der Waals surface area contributed by atoms with E-state index in [1.165, 1.54) is 12.1 Å². The third-order valence-electron chi connectivity index (χ3n) is 3.05. The van der Waals surface area contributed by atoms with Gasteiger partial charge in [0.05, 0.1) is 5.56 Å². The summed E-state index contributed by atoms with van der Waals surface area (Å²) in [5.41, 5.74) is 2.11. The molecule has 0 heterocycles. The van der Waals surface area contributed by atoms with Crippen LogP contribution in [-0.4, -0.2) is 23.6 Å². The molecule has 0 aliphatic carbocycles. The van der Waals surface area contributed by atoms with Crippen LogP contribution in [0.3, 0.4) is 0 Å². The molecule has 5 nitrogen and oxygen atoms in total. The van der Waals surface area contributed by atoms with Gasteiger partial charge in [0.2, 0.25) is 0 Å². The highest BCUT2D eigenvalue weighted by atomic mass is 16.5.